The van der Waals surface area contributed by atoms with Gasteiger partial charge in [-0.2, -0.15) is 0 Å². The van der Waals surface area contributed by atoms with Gasteiger partial charge < -0.3 is 15.1 Å². The number of hydrogen-bond donors (Lipinski definition) is 4. The Kier molecular flexibility index (Phi) is 6.83. The second kappa shape index (κ2) is 9.72. The highest BCUT2D eigenvalue weighted by atomic mass is 16.4. The second-order valence-electron chi connectivity index (χ2n) is 6.67. The topological polar surface area (TPSA) is 161 Å². The molecule has 0 aromatic carbocycles. The molecule has 1 unspecified atom stereocenters. The van der Waals surface area contributed by atoms with Gasteiger partial charge in [0.2, 0.25) is 5.89 Å². The summed E-state index contributed by atoms with van der Waals surface area (Å²) in [4.78, 5) is 36.4. The maximum Gasteiger partial charge on any atom is 0.434 e. The average molecular weight is 412 g/mol. The van der Waals surface area contributed by atoms with E-state index >= 15 is 0 Å². The van der Waals surface area contributed by atoms with Crippen molar-refractivity contribution in [3.05, 3.63) is 39.4 Å². The number of dihydropyridines is 1. The molecule has 11 heteroatoms. The van der Waals surface area contributed by atoms with Crippen LogP contribution in [0.5, 0.6) is 0 Å². The van der Waals surface area contributed by atoms with Crippen LogP contribution in [-0.2, 0) is 0 Å². The Morgan fingerprint density at radius 1 is 1.50 bits per heavy atom. The van der Waals surface area contributed by atoms with Crippen molar-refractivity contribution in [1.29, 1.82) is 5.41 Å². The lowest BCUT2D eigenvalue weighted by Crippen LogP contribution is -2.41. The summed E-state index contributed by atoms with van der Waals surface area (Å²) in [5, 5.41) is 19.1. The number of amides is 2. The molecule has 0 spiro atoms. The van der Waals surface area contributed by atoms with Gasteiger partial charge in [0.1, 0.15) is 5.84 Å². The third-order valence-electron chi connectivity index (χ3n) is 4.74. The Labute approximate surface area is 172 Å². The minimum atomic E-state index is -0.607. The van der Waals surface area contributed by atoms with Crippen molar-refractivity contribution < 1.29 is 9.21 Å². The Morgan fingerprint density at radius 3 is 3.00 bits per heavy atom. The number of nitrogens with one attached hydrogen (secondary N) is 4. The summed E-state index contributed by atoms with van der Waals surface area (Å²) in [6.07, 6.45) is 6.03. The van der Waals surface area contributed by atoms with Crippen LogP contribution in [0.15, 0.2) is 47.1 Å². The zero-order valence-corrected chi connectivity index (χ0v) is 16.9. The number of urea groups is 1. The van der Waals surface area contributed by atoms with Gasteiger partial charge in [0.05, 0.1) is 12.5 Å². The van der Waals surface area contributed by atoms with Crippen LogP contribution in [0, 0.1) is 5.41 Å². The highest BCUT2D eigenvalue weighted by molar-refractivity contribution is 6.12. The van der Waals surface area contributed by atoms with E-state index in [9.17, 15) is 9.59 Å². The maximum atomic E-state index is 11.9. The minimum Gasteiger partial charge on any atom is -0.392 e. The van der Waals surface area contributed by atoms with Gasteiger partial charge in [-0.25, -0.2) is 14.7 Å². The number of aliphatic imine (C=N–C) groups is 3. The van der Waals surface area contributed by atoms with Gasteiger partial charge in [0.25, 0.3) is 0 Å². The molecule has 0 fully saturated rings. The molecule has 1 aromatic rings. The predicted molar refractivity (Wildman–Crippen MR) is 114 cm³/mol. The quantitative estimate of drug-likeness (QED) is 0.519. The van der Waals surface area contributed by atoms with Gasteiger partial charge in [-0.05, 0) is 30.1 Å². The lowest BCUT2D eigenvalue weighted by molar-refractivity contribution is 0.245. The third kappa shape index (κ3) is 4.85. The van der Waals surface area contributed by atoms with Gasteiger partial charge in [-0.3, -0.25) is 20.3 Å². The molecule has 2 amide bonds. The average Bonchev–Trinajstić information content (AvgIpc) is 3.18. The van der Waals surface area contributed by atoms with Gasteiger partial charge in [-0.1, -0.05) is 0 Å². The Balaban J connectivity index is 1.89. The monoisotopic (exact) mass is 412 g/mol. The molecule has 158 valence electrons. The summed E-state index contributed by atoms with van der Waals surface area (Å²) < 4.78 is 5.08. The molecule has 11 nitrogen and oxygen atoms in total. The molecule has 0 saturated heterocycles. The van der Waals surface area contributed by atoms with E-state index in [2.05, 4.69) is 35.8 Å². The molecule has 30 heavy (non-hydrogen) atoms. The first kappa shape index (κ1) is 21.1. The van der Waals surface area contributed by atoms with Crippen molar-refractivity contribution >= 4 is 30.0 Å². The number of H-pyrrole nitrogens is 1. The fourth-order valence-electron chi connectivity index (χ4n) is 3.37. The highest BCUT2D eigenvalue weighted by Gasteiger charge is 2.27. The van der Waals surface area contributed by atoms with Crippen LogP contribution in [0.2, 0.25) is 0 Å². The Hall–Kier alpha value is -3.63. The van der Waals surface area contributed by atoms with E-state index in [-0.39, 0.29) is 17.8 Å². The molecule has 0 saturated carbocycles. The van der Waals surface area contributed by atoms with Crippen LogP contribution < -0.4 is 16.4 Å². The van der Waals surface area contributed by atoms with E-state index in [1.807, 2.05) is 6.92 Å². The zero-order chi connectivity index (χ0) is 21.5. The summed E-state index contributed by atoms with van der Waals surface area (Å²) in [7, 11) is 1.68. The number of aromatic nitrogens is 2. The predicted octanol–water partition coefficient (Wildman–Crippen LogP) is 1.33. The van der Waals surface area contributed by atoms with Crippen LogP contribution in [0.1, 0.15) is 38.0 Å². The number of nitrogens with zero attached hydrogens (tertiary/aromatic N) is 4. The summed E-state index contributed by atoms with van der Waals surface area (Å²) in [5.74, 6) is -0.0655. The van der Waals surface area contributed by atoms with Crippen molar-refractivity contribution in [3.8, 4) is 0 Å². The van der Waals surface area contributed by atoms with Crippen molar-refractivity contribution in [3.63, 3.8) is 0 Å². The first-order valence-corrected chi connectivity index (χ1v) is 9.59. The third-order valence-corrected chi connectivity index (χ3v) is 4.74. The highest BCUT2D eigenvalue weighted by Crippen LogP contribution is 2.32. The number of amidine groups is 1. The molecule has 1 atom stereocenters. The molecule has 2 aliphatic rings. The van der Waals surface area contributed by atoms with Gasteiger partial charge >= 0.3 is 11.8 Å². The number of rotatable bonds is 6. The number of hydrogen-bond acceptors (Lipinski definition) is 8. The SMILES string of the molecule is CCNC(=O)NC1=NCC(C2=CN=CC(c3n[nH]c(=O)o3)C2)=C(C(CC=N)=NC)C1. The smallest absolute Gasteiger partial charge is 0.392 e. The number of aromatic amines is 1. The van der Waals surface area contributed by atoms with Gasteiger partial charge in [-0.15, -0.1) is 5.10 Å². The number of carbonyl (C=O) groups is 1. The Bertz CT molecular complexity index is 1020. The molecule has 4 N–H and O–H groups in total. The summed E-state index contributed by atoms with van der Waals surface area (Å²) >= 11 is 0. The molecule has 0 aliphatic carbocycles. The van der Waals surface area contributed by atoms with E-state index in [0.29, 0.717) is 38.2 Å². The molecule has 0 radical (unpaired) electrons. The number of carbonyl (C=O) groups excluding carboxylic acids is 1. The molecule has 1 aromatic heterocycles. The molecule has 2 aliphatic heterocycles. The van der Waals surface area contributed by atoms with Crippen LogP contribution in [-0.4, -0.2) is 60.3 Å². The molecular weight excluding hydrogens is 388 g/mol. The second-order valence-corrected chi connectivity index (χ2v) is 6.67. The first-order chi connectivity index (χ1) is 14.5. The molecule has 3 heterocycles. The minimum absolute atomic E-state index is 0.276. The largest absolute Gasteiger partial charge is 0.434 e. The van der Waals surface area contributed by atoms with Crippen LogP contribution in [0.25, 0.3) is 0 Å². The van der Waals surface area contributed by atoms with Crippen molar-refractivity contribution in [2.24, 2.45) is 15.0 Å². The molecular formula is C19H24N8O3. The van der Waals surface area contributed by atoms with E-state index in [4.69, 9.17) is 9.83 Å². The van der Waals surface area contributed by atoms with E-state index < -0.39 is 5.76 Å². The lowest BCUT2D eigenvalue weighted by Gasteiger charge is -2.25. The van der Waals surface area contributed by atoms with E-state index in [1.54, 1.807) is 19.5 Å². The van der Waals surface area contributed by atoms with Crippen molar-refractivity contribution in [2.75, 3.05) is 20.1 Å². The fraction of sp³-hybridized carbons (Fsp3) is 0.421. The van der Waals surface area contributed by atoms with E-state index in [1.165, 1.54) is 6.21 Å². The lowest BCUT2D eigenvalue weighted by atomic mass is 9.86. The summed E-state index contributed by atoms with van der Waals surface area (Å²) in [5.41, 5.74) is 3.53. The van der Waals surface area contributed by atoms with Crippen LogP contribution in [0.4, 0.5) is 4.79 Å². The first-order valence-electron chi connectivity index (χ1n) is 9.59. The normalized spacial score (nSPS) is 19.3. The van der Waals surface area contributed by atoms with Gasteiger partial charge in [0.15, 0.2) is 0 Å². The van der Waals surface area contributed by atoms with Crippen molar-refractivity contribution in [2.45, 2.75) is 32.1 Å². The van der Waals surface area contributed by atoms with Crippen LogP contribution >= 0.6 is 0 Å². The molecule has 3 rings (SSSR count). The maximum absolute atomic E-state index is 11.9. The summed E-state index contributed by atoms with van der Waals surface area (Å²) in [6, 6.07) is -0.309. The Morgan fingerprint density at radius 2 is 2.33 bits per heavy atom. The van der Waals surface area contributed by atoms with Gasteiger partial charge in [0, 0.05) is 50.8 Å². The zero-order valence-electron chi connectivity index (χ0n) is 16.9. The standard InChI is InChI=1S/C19H24N8O3/c1-3-23-18(28)25-16-7-13(15(21-2)4-5-20)14(10-24-16)11-6-12(9-22-8-11)17-26-27-19(29)30-17/h5,8-9,12,20H,3-4,6-7,10H2,1-2H3,(H,27,29)(H2,23,24,25,28). The molecule has 0 bridgehead atoms. The summed E-state index contributed by atoms with van der Waals surface area (Å²) in [6.45, 7) is 2.69. The fourth-order valence-corrected chi connectivity index (χ4v) is 3.37. The van der Waals surface area contributed by atoms with Crippen LogP contribution in [0.3, 0.4) is 0 Å². The van der Waals surface area contributed by atoms with E-state index in [0.717, 1.165) is 22.4 Å². The van der Waals surface area contributed by atoms with Crippen molar-refractivity contribution in [1.82, 2.24) is 20.8 Å².